The summed E-state index contributed by atoms with van der Waals surface area (Å²) in [6, 6.07) is 4.25. The van der Waals surface area contributed by atoms with E-state index in [1.165, 1.54) is 6.07 Å². The van der Waals surface area contributed by atoms with Crippen molar-refractivity contribution in [3.05, 3.63) is 38.7 Å². The molecule has 0 radical (unpaired) electrons. The highest BCUT2D eigenvalue weighted by atomic mass is 127. The average molecular weight is 400 g/mol. The van der Waals surface area contributed by atoms with E-state index in [1.54, 1.807) is 26.0 Å². The number of rotatable bonds is 3. The third-order valence-electron chi connectivity index (χ3n) is 2.83. The van der Waals surface area contributed by atoms with Gasteiger partial charge >= 0.3 is 12.0 Å². The standard InChI is InChI=1S/C13H13IN4O3/c1-6-11(7(2)18-17-6)16-13(21)15-10-4-3-8(14)5-9(10)12(19)20/h3-5H,1-2H3,(H,17,18)(H,19,20)(H2,15,16,21). The van der Waals surface area contributed by atoms with E-state index in [1.807, 2.05) is 22.6 Å². The fourth-order valence-electron chi connectivity index (χ4n) is 1.80. The topological polar surface area (TPSA) is 107 Å². The van der Waals surface area contributed by atoms with Gasteiger partial charge in [-0.25, -0.2) is 9.59 Å². The second-order valence-corrected chi connectivity index (χ2v) is 5.63. The predicted octanol–water partition coefficient (Wildman–Crippen LogP) is 2.97. The Morgan fingerprint density at radius 3 is 2.57 bits per heavy atom. The van der Waals surface area contributed by atoms with Crippen LogP contribution in [0.3, 0.4) is 0 Å². The van der Waals surface area contributed by atoms with Crippen LogP contribution in [0.25, 0.3) is 0 Å². The second-order valence-electron chi connectivity index (χ2n) is 4.38. The maximum atomic E-state index is 12.0. The Hall–Kier alpha value is -2.10. The number of carbonyl (C=O) groups is 2. The molecule has 21 heavy (non-hydrogen) atoms. The van der Waals surface area contributed by atoms with Gasteiger partial charge in [-0.2, -0.15) is 5.10 Å². The van der Waals surface area contributed by atoms with Crippen LogP contribution in [-0.4, -0.2) is 27.3 Å². The summed E-state index contributed by atoms with van der Waals surface area (Å²) in [6.07, 6.45) is 0. The van der Waals surface area contributed by atoms with Crippen molar-refractivity contribution < 1.29 is 14.7 Å². The van der Waals surface area contributed by atoms with Crippen molar-refractivity contribution in [1.82, 2.24) is 10.2 Å². The summed E-state index contributed by atoms with van der Waals surface area (Å²) in [7, 11) is 0. The Morgan fingerprint density at radius 1 is 1.29 bits per heavy atom. The lowest BCUT2D eigenvalue weighted by atomic mass is 10.2. The van der Waals surface area contributed by atoms with Crippen LogP contribution in [-0.2, 0) is 0 Å². The van der Waals surface area contributed by atoms with Gasteiger partial charge in [0.1, 0.15) is 0 Å². The summed E-state index contributed by atoms with van der Waals surface area (Å²) in [5.74, 6) is -1.10. The van der Waals surface area contributed by atoms with Crippen molar-refractivity contribution in [3.63, 3.8) is 0 Å². The zero-order valence-corrected chi connectivity index (χ0v) is 13.5. The van der Waals surface area contributed by atoms with Gasteiger partial charge in [-0.3, -0.25) is 5.10 Å². The number of benzene rings is 1. The summed E-state index contributed by atoms with van der Waals surface area (Å²) in [6.45, 7) is 3.54. The number of carboxylic acid groups (broad SMARTS) is 1. The van der Waals surface area contributed by atoms with E-state index in [9.17, 15) is 9.59 Å². The van der Waals surface area contributed by atoms with Gasteiger partial charge in [-0.1, -0.05) is 0 Å². The van der Waals surface area contributed by atoms with Crippen molar-refractivity contribution >= 4 is 46.0 Å². The number of hydrogen-bond acceptors (Lipinski definition) is 3. The molecule has 1 aromatic heterocycles. The van der Waals surface area contributed by atoms with Gasteiger partial charge in [0.2, 0.25) is 0 Å². The normalized spacial score (nSPS) is 10.2. The molecule has 4 N–H and O–H groups in total. The molecule has 0 aliphatic heterocycles. The van der Waals surface area contributed by atoms with Gasteiger partial charge in [0.15, 0.2) is 0 Å². The predicted molar refractivity (Wildman–Crippen MR) is 86.8 cm³/mol. The molecule has 0 saturated heterocycles. The minimum Gasteiger partial charge on any atom is -0.478 e. The lowest BCUT2D eigenvalue weighted by Gasteiger charge is -2.10. The first-order chi connectivity index (χ1) is 9.88. The first kappa shape index (κ1) is 15.3. The molecule has 0 fully saturated rings. The Bertz CT molecular complexity index is 692. The SMILES string of the molecule is Cc1n[nH]c(C)c1NC(=O)Nc1ccc(I)cc1C(=O)O. The quantitative estimate of drug-likeness (QED) is 0.595. The van der Waals surface area contributed by atoms with Gasteiger partial charge < -0.3 is 15.7 Å². The van der Waals surface area contributed by atoms with Gasteiger partial charge in [0.25, 0.3) is 0 Å². The number of aryl methyl sites for hydroxylation is 2. The van der Waals surface area contributed by atoms with E-state index in [0.717, 1.165) is 9.26 Å². The number of aromatic amines is 1. The lowest BCUT2D eigenvalue weighted by Crippen LogP contribution is -2.21. The van der Waals surface area contributed by atoms with Crippen LogP contribution in [0.1, 0.15) is 21.7 Å². The van der Waals surface area contributed by atoms with Crippen LogP contribution in [0.15, 0.2) is 18.2 Å². The van der Waals surface area contributed by atoms with Crippen molar-refractivity contribution in [2.45, 2.75) is 13.8 Å². The van der Waals surface area contributed by atoms with Crippen molar-refractivity contribution in [3.8, 4) is 0 Å². The number of H-pyrrole nitrogens is 1. The minimum atomic E-state index is -1.10. The molecule has 7 nitrogen and oxygen atoms in total. The fraction of sp³-hybridized carbons (Fsp3) is 0.154. The largest absolute Gasteiger partial charge is 0.478 e. The van der Waals surface area contributed by atoms with E-state index in [0.29, 0.717) is 11.4 Å². The Morgan fingerprint density at radius 2 is 2.00 bits per heavy atom. The molecular formula is C13H13IN4O3. The number of urea groups is 1. The van der Waals surface area contributed by atoms with Gasteiger partial charge in [-0.05, 0) is 54.6 Å². The number of amides is 2. The number of nitrogens with zero attached hydrogens (tertiary/aromatic N) is 1. The second kappa shape index (κ2) is 6.12. The summed E-state index contributed by atoms with van der Waals surface area (Å²) >= 11 is 2.01. The number of carbonyl (C=O) groups excluding carboxylic acids is 1. The number of carboxylic acids is 1. The van der Waals surface area contributed by atoms with E-state index >= 15 is 0 Å². The molecule has 0 unspecified atom stereocenters. The summed E-state index contributed by atoms with van der Waals surface area (Å²) in [5.41, 5.74) is 2.24. The number of aromatic nitrogens is 2. The molecule has 0 atom stereocenters. The summed E-state index contributed by atoms with van der Waals surface area (Å²) in [4.78, 5) is 23.2. The maximum absolute atomic E-state index is 12.0. The molecular weight excluding hydrogens is 387 g/mol. The van der Waals surface area contributed by atoms with Crippen molar-refractivity contribution in [2.75, 3.05) is 10.6 Å². The summed E-state index contributed by atoms with van der Waals surface area (Å²) < 4.78 is 0.775. The smallest absolute Gasteiger partial charge is 0.337 e. The molecule has 0 aliphatic carbocycles. The zero-order chi connectivity index (χ0) is 15.6. The van der Waals surface area contributed by atoms with Crippen LogP contribution >= 0.6 is 22.6 Å². The van der Waals surface area contributed by atoms with Crippen LogP contribution in [0.2, 0.25) is 0 Å². The molecule has 1 heterocycles. The van der Waals surface area contributed by atoms with Crippen LogP contribution in [0, 0.1) is 17.4 Å². The van der Waals surface area contributed by atoms with Crippen LogP contribution in [0.5, 0.6) is 0 Å². The van der Waals surface area contributed by atoms with Crippen molar-refractivity contribution in [1.29, 1.82) is 0 Å². The molecule has 0 bridgehead atoms. The van der Waals surface area contributed by atoms with E-state index in [-0.39, 0.29) is 11.3 Å². The molecule has 0 saturated carbocycles. The van der Waals surface area contributed by atoms with Crippen molar-refractivity contribution in [2.24, 2.45) is 0 Å². The maximum Gasteiger partial charge on any atom is 0.337 e. The molecule has 2 rings (SSSR count). The molecule has 110 valence electrons. The molecule has 8 heteroatoms. The highest BCUT2D eigenvalue weighted by Crippen LogP contribution is 2.20. The molecule has 2 amide bonds. The van der Waals surface area contributed by atoms with Crippen LogP contribution < -0.4 is 10.6 Å². The van der Waals surface area contributed by atoms with E-state index in [4.69, 9.17) is 5.11 Å². The fourth-order valence-corrected chi connectivity index (χ4v) is 2.30. The number of nitrogens with one attached hydrogen (secondary N) is 3. The van der Waals surface area contributed by atoms with Gasteiger partial charge in [-0.15, -0.1) is 0 Å². The number of aromatic carboxylic acids is 1. The zero-order valence-electron chi connectivity index (χ0n) is 11.3. The molecule has 0 spiro atoms. The third kappa shape index (κ3) is 3.51. The lowest BCUT2D eigenvalue weighted by molar-refractivity contribution is 0.0698. The van der Waals surface area contributed by atoms with Gasteiger partial charge in [0, 0.05) is 3.57 Å². The number of hydrogen-bond donors (Lipinski definition) is 4. The average Bonchev–Trinajstić information content (AvgIpc) is 2.72. The molecule has 2 aromatic rings. The van der Waals surface area contributed by atoms with Crippen LogP contribution in [0.4, 0.5) is 16.2 Å². The first-order valence-electron chi connectivity index (χ1n) is 6.01. The Labute approximate surface area is 134 Å². The molecule has 1 aromatic carbocycles. The minimum absolute atomic E-state index is 0.0395. The first-order valence-corrected chi connectivity index (χ1v) is 7.08. The monoisotopic (exact) mass is 400 g/mol. The highest BCUT2D eigenvalue weighted by molar-refractivity contribution is 14.1. The summed E-state index contributed by atoms with van der Waals surface area (Å²) in [5, 5.41) is 21.1. The highest BCUT2D eigenvalue weighted by Gasteiger charge is 2.15. The Balaban J connectivity index is 2.19. The number of anilines is 2. The number of halogens is 1. The Kier molecular flexibility index (Phi) is 4.46. The van der Waals surface area contributed by atoms with Gasteiger partial charge in [0.05, 0.1) is 28.3 Å². The van der Waals surface area contributed by atoms with E-state index < -0.39 is 12.0 Å². The molecule has 0 aliphatic rings. The third-order valence-corrected chi connectivity index (χ3v) is 3.50. The van der Waals surface area contributed by atoms with E-state index in [2.05, 4.69) is 20.8 Å².